The Balaban J connectivity index is 0.000000490. The zero-order valence-corrected chi connectivity index (χ0v) is 6.35. The summed E-state index contributed by atoms with van der Waals surface area (Å²) in [6.07, 6.45) is 0. The summed E-state index contributed by atoms with van der Waals surface area (Å²) in [5.74, 6) is -0.133. The SMILES string of the molecule is O=C1COCC[N-]1.[Au+]. The first-order chi connectivity index (χ1) is 3.39. The van der Waals surface area contributed by atoms with Crippen LogP contribution in [-0.2, 0) is 31.9 Å². The van der Waals surface area contributed by atoms with Crippen LogP contribution in [0.2, 0.25) is 0 Å². The zero-order valence-electron chi connectivity index (χ0n) is 4.19. The molecule has 0 aromatic rings. The number of hydrogen-bond donors (Lipinski definition) is 0. The Morgan fingerprint density at radius 2 is 2.38 bits per heavy atom. The summed E-state index contributed by atoms with van der Waals surface area (Å²) in [6, 6.07) is 0. The quantitative estimate of drug-likeness (QED) is 0.587. The smallest absolute Gasteiger partial charge is 0.650 e. The van der Waals surface area contributed by atoms with Crippen LogP contribution in [0.3, 0.4) is 0 Å². The van der Waals surface area contributed by atoms with Gasteiger partial charge < -0.3 is 14.8 Å². The summed E-state index contributed by atoms with van der Waals surface area (Å²) in [5.41, 5.74) is 0. The second kappa shape index (κ2) is 4.09. The fraction of sp³-hybridized carbons (Fsp3) is 0.750. The number of rotatable bonds is 0. The van der Waals surface area contributed by atoms with Crippen molar-refractivity contribution in [2.75, 3.05) is 19.8 Å². The summed E-state index contributed by atoms with van der Waals surface area (Å²) in [4.78, 5) is 10.2. The Morgan fingerprint density at radius 1 is 1.62 bits per heavy atom. The van der Waals surface area contributed by atoms with Crippen LogP contribution < -0.4 is 0 Å². The Labute approximate surface area is 63.3 Å². The maximum atomic E-state index is 10.2. The average molecular weight is 297 g/mol. The van der Waals surface area contributed by atoms with Crippen LogP contribution in [0.4, 0.5) is 0 Å². The summed E-state index contributed by atoms with van der Waals surface area (Å²) in [5, 5.41) is 3.57. The van der Waals surface area contributed by atoms with E-state index in [1.807, 2.05) is 0 Å². The number of hydrogen-bond acceptors (Lipinski definition) is 2. The number of nitrogens with zero attached hydrogens (tertiary/aromatic N) is 1. The third-order valence-corrected chi connectivity index (χ3v) is 0.749. The molecule has 0 N–H and O–H groups in total. The van der Waals surface area contributed by atoms with Gasteiger partial charge >= 0.3 is 22.4 Å². The molecule has 0 aliphatic carbocycles. The standard InChI is InChI=1S/C4H7NO2.Au/c6-4-3-7-2-1-5-4;/h1-3H2,(H,5,6);/q;+1/p-1. The molecule has 8 heavy (non-hydrogen) atoms. The van der Waals surface area contributed by atoms with E-state index in [1.165, 1.54) is 0 Å². The van der Waals surface area contributed by atoms with Crippen molar-refractivity contribution in [1.29, 1.82) is 0 Å². The molecule has 0 bridgehead atoms. The summed E-state index contributed by atoms with van der Waals surface area (Å²) >= 11 is 0. The first kappa shape index (κ1) is 8.17. The van der Waals surface area contributed by atoms with E-state index in [1.54, 1.807) is 0 Å². The predicted octanol–water partition coefficient (Wildman–Crippen LogP) is -0.0856. The number of carbonyl (C=O) groups excluding carboxylic acids is 1. The van der Waals surface area contributed by atoms with Gasteiger partial charge in [0.2, 0.25) is 0 Å². The molecule has 0 spiro atoms. The van der Waals surface area contributed by atoms with E-state index >= 15 is 0 Å². The molecule has 1 amide bonds. The van der Waals surface area contributed by atoms with E-state index in [0.29, 0.717) is 13.2 Å². The molecule has 0 radical (unpaired) electrons. The number of amides is 1. The fourth-order valence-electron chi connectivity index (χ4n) is 0.440. The third kappa shape index (κ3) is 2.47. The Hall–Kier alpha value is 0.170. The molecule has 0 aromatic carbocycles. The minimum atomic E-state index is -0.133. The minimum Gasteiger partial charge on any atom is -0.650 e. The van der Waals surface area contributed by atoms with Gasteiger partial charge in [-0.3, -0.25) is 0 Å². The average Bonchev–Trinajstić information content (AvgIpc) is 1.69. The topological polar surface area (TPSA) is 40.4 Å². The molecule has 0 aromatic heterocycles. The second-order valence-electron chi connectivity index (χ2n) is 1.33. The van der Waals surface area contributed by atoms with Crippen LogP contribution in [0, 0.1) is 0 Å². The molecule has 1 aliphatic rings. The minimum absolute atomic E-state index is 0. The van der Waals surface area contributed by atoms with Crippen molar-refractivity contribution < 1.29 is 31.9 Å². The van der Waals surface area contributed by atoms with E-state index in [2.05, 4.69) is 5.32 Å². The molecule has 4 heteroatoms. The third-order valence-electron chi connectivity index (χ3n) is 0.749. The molecule has 1 saturated heterocycles. The van der Waals surface area contributed by atoms with Gasteiger partial charge in [-0.05, 0) is 0 Å². The first-order valence-corrected chi connectivity index (χ1v) is 2.17. The summed E-state index contributed by atoms with van der Waals surface area (Å²) in [6.45, 7) is 1.32. The van der Waals surface area contributed by atoms with Crippen molar-refractivity contribution in [1.82, 2.24) is 0 Å². The predicted molar refractivity (Wildman–Crippen MR) is 24.1 cm³/mol. The van der Waals surface area contributed by atoms with Crippen LogP contribution >= 0.6 is 0 Å². The molecule has 1 aliphatic heterocycles. The van der Waals surface area contributed by atoms with Gasteiger partial charge in [0, 0.05) is 6.61 Å². The van der Waals surface area contributed by atoms with Crippen LogP contribution in [0.5, 0.6) is 0 Å². The fourth-order valence-corrected chi connectivity index (χ4v) is 0.440. The van der Waals surface area contributed by atoms with Crippen LogP contribution in [0.1, 0.15) is 0 Å². The van der Waals surface area contributed by atoms with Gasteiger partial charge in [-0.1, -0.05) is 0 Å². The Bertz CT molecular complexity index is 78.1. The van der Waals surface area contributed by atoms with Crippen molar-refractivity contribution in [2.24, 2.45) is 0 Å². The van der Waals surface area contributed by atoms with E-state index in [0.717, 1.165) is 0 Å². The Morgan fingerprint density at radius 3 is 2.62 bits per heavy atom. The molecule has 0 atom stereocenters. The van der Waals surface area contributed by atoms with Crippen molar-refractivity contribution in [3.63, 3.8) is 0 Å². The molecule has 1 fully saturated rings. The maximum absolute atomic E-state index is 10.2. The second-order valence-corrected chi connectivity index (χ2v) is 1.33. The molecule has 0 saturated carbocycles. The van der Waals surface area contributed by atoms with Crippen molar-refractivity contribution in [3.8, 4) is 0 Å². The van der Waals surface area contributed by atoms with Crippen LogP contribution in [0.15, 0.2) is 0 Å². The zero-order chi connectivity index (χ0) is 5.11. The molecular weight excluding hydrogens is 291 g/mol. The first-order valence-electron chi connectivity index (χ1n) is 2.17. The monoisotopic (exact) mass is 297 g/mol. The van der Waals surface area contributed by atoms with Crippen molar-refractivity contribution in [2.45, 2.75) is 0 Å². The summed E-state index contributed by atoms with van der Waals surface area (Å²) < 4.78 is 4.74. The van der Waals surface area contributed by atoms with E-state index in [9.17, 15) is 4.79 Å². The number of carbonyl (C=O) groups is 1. The number of ether oxygens (including phenoxy) is 1. The van der Waals surface area contributed by atoms with Gasteiger partial charge in [-0.15, -0.1) is 6.54 Å². The van der Waals surface area contributed by atoms with E-state index in [4.69, 9.17) is 4.74 Å². The van der Waals surface area contributed by atoms with Crippen LogP contribution in [-0.4, -0.2) is 25.7 Å². The normalized spacial score (nSPS) is 18.8. The van der Waals surface area contributed by atoms with Crippen molar-refractivity contribution in [3.05, 3.63) is 5.32 Å². The summed E-state index contributed by atoms with van der Waals surface area (Å²) in [7, 11) is 0. The van der Waals surface area contributed by atoms with Gasteiger partial charge in [-0.25, -0.2) is 0 Å². The molecule has 50 valence electrons. The van der Waals surface area contributed by atoms with Gasteiger partial charge in [-0.2, -0.15) is 0 Å². The van der Waals surface area contributed by atoms with Gasteiger partial charge in [0.05, 0.1) is 12.5 Å². The molecular formula is C4H6AuNO2. The van der Waals surface area contributed by atoms with Crippen LogP contribution in [0.25, 0.3) is 5.32 Å². The van der Waals surface area contributed by atoms with E-state index < -0.39 is 0 Å². The molecule has 1 rings (SSSR count). The van der Waals surface area contributed by atoms with E-state index in [-0.39, 0.29) is 34.9 Å². The largest absolute Gasteiger partial charge is 1.00 e. The maximum Gasteiger partial charge on any atom is 1.00 e. The Kier molecular flexibility index (Phi) is 4.18. The molecule has 0 unspecified atom stereocenters. The van der Waals surface area contributed by atoms with Gasteiger partial charge in [0.15, 0.2) is 0 Å². The van der Waals surface area contributed by atoms with Gasteiger partial charge in [0.1, 0.15) is 0 Å². The molecule has 3 nitrogen and oxygen atoms in total. The molecule has 1 heterocycles. The van der Waals surface area contributed by atoms with Crippen molar-refractivity contribution >= 4 is 5.91 Å². The van der Waals surface area contributed by atoms with Gasteiger partial charge in [0.25, 0.3) is 0 Å². The number of morpholine rings is 1.